The van der Waals surface area contributed by atoms with Crippen molar-refractivity contribution in [3.05, 3.63) is 71.7 Å². The maximum atomic E-state index is 10.4. The van der Waals surface area contributed by atoms with Crippen molar-refractivity contribution in [3.63, 3.8) is 0 Å². The molecule has 2 aromatic carbocycles. The monoisotopic (exact) mass is 494 g/mol. The summed E-state index contributed by atoms with van der Waals surface area (Å²) in [6, 6.07) is 16.2. The maximum Gasteiger partial charge on any atom is 0.159 e. The molecule has 8 nitrogen and oxygen atoms in total. The van der Waals surface area contributed by atoms with E-state index in [9.17, 15) is 10.4 Å². The van der Waals surface area contributed by atoms with Crippen LogP contribution in [0.5, 0.6) is 5.75 Å². The van der Waals surface area contributed by atoms with Crippen LogP contribution < -0.4 is 9.64 Å². The van der Waals surface area contributed by atoms with E-state index in [0.29, 0.717) is 5.82 Å². The SMILES string of the molecule is CC(C)(O)[C@H]1CCN(c2cc(-n3ncc4ccc(O[C@@H]5CCCc6c(C#N)cccc65)cc43)ncn2)C1. The highest BCUT2D eigenvalue weighted by Crippen LogP contribution is 2.36. The highest BCUT2D eigenvalue weighted by atomic mass is 16.5. The van der Waals surface area contributed by atoms with Gasteiger partial charge in [0.1, 0.15) is 24.0 Å². The lowest BCUT2D eigenvalue weighted by molar-refractivity contribution is 0.0263. The molecule has 2 aromatic heterocycles. The smallest absolute Gasteiger partial charge is 0.159 e. The van der Waals surface area contributed by atoms with Gasteiger partial charge in [-0.2, -0.15) is 10.4 Å². The topological polar surface area (TPSA) is 100 Å². The van der Waals surface area contributed by atoms with Crippen molar-refractivity contribution in [3.8, 4) is 17.6 Å². The van der Waals surface area contributed by atoms with Gasteiger partial charge in [0.25, 0.3) is 0 Å². The molecule has 1 saturated heterocycles. The van der Waals surface area contributed by atoms with Crippen LogP contribution in [0, 0.1) is 17.2 Å². The molecule has 0 spiro atoms. The first-order valence-electron chi connectivity index (χ1n) is 12.9. The minimum atomic E-state index is -0.714. The van der Waals surface area contributed by atoms with E-state index in [0.717, 1.165) is 77.9 Å². The molecule has 1 fully saturated rings. The maximum absolute atomic E-state index is 10.4. The first kappa shape index (κ1) is 23.4. The molecule has 0 amide bonds. The van der Waals surface area contributed by atoms with Gasteiger partial charge in [-0.25, -0.2) is 14.6 Å². The number of hydrogen-bond acceptors (Lipinski definition) is 7. The first-order chi connectivity index (χ1) is 17.9. The standard InChI is InChI=1S/C29H30N6O2/c1-29(2,36)21-11-12-34(17-21)27-14-28(32-18-31-27)35-25-13-22(10-9-20(25)16-33-35)37-26-8-4-6-23-19(15-30)5-3-7-24(23)26/h3,5,7,9-10,13-14,16,18,21,26,36H,4,6,8,11-12,17H2,1-2H3/t21-,26+/m0/s1. The van der Waals surface area contributed by atoms with Crippen molar-refractivity contribution < 1.29 is 9.84 Å². The van der Waals surface area contributed by atoms with E-state index in [-0.39, 0.29) is 12.0 Å². The summed E-state index contributed by atoms with van der Waals surface area (Å²) in [5, 5.41) is 25.5. The third kappa shape index (κ3) is 4.40. The number of aliphatic hydroxyl groups is 1. The van der Waals surface area contributed by atoms with Crippen LogP contribution in [-0.4, -0.2) is 43.5 Å². The third-order valence-electron chi connectivity index (χ3n) is 7.76. The molecular formula is C29H30N6O2. The van der Waals surface area contributed by atoms with Gasteiger partial charge in [0, 0.05) is 36.5 Å². The van der Waals surface area contributed by atoms with Crippen molar-refractivity contribution in [2.45, 2.75) is 51.2 Å². The molecule has 0 bridgehead atoms. The van der Waals surface area contributed by atoms with Gasteiger partial charge in [-0.05, 0) is 68.9 Å². The Morgan fingerprint density at radius 1 is 1.11 bits per heavy atom. The average Bonchev–Trinajstić information content (AvgIpc) is 3.56. The van der Waals surface area contributed by atoms with Crippen LogP contribution in [0.2, 0.25) is 0 Å². The summed E-state index contributed by atoms with van der Waals surface area (Å²) in [6.45, 7) is 5.35. The summed E-state index contributed by atoms with van der Waals surface area (Å²) in [5.74, 6) is 2.48. The van der Waals surface area contributed by atoms with Gasteiger partial charge in [0.05, 0.1) is 28.9 Å². The largest absolute Gasteiger partial charge is 0.486 e. The molecule has 8 heteroatoms. The van der Waals surface area contributed by atoms with Crippen LogP contribution in [0.25, 0.3) is 16.7 Å². The number of hydrogen-bond donors (Lipinski definition) is 1. The predicted octanol–water partition coefficient (Wildman–Crippen LogP) is 4.74. The van der Waals surface area contributed by atoms with E-state index in [1.165, 1.54) is 0 Å². The fraction of sp³-hybridized carbons (Fsp3) is 0.379. The number of nitriles is 1. The van der Waals surface area contributed by atoms with Crippen LogP contribution in [-0.2, 0) is 6.42 Å². The summed E-state index contributed by atoms with van der Waals surface area (Å²) in [4.78, 5) is 11.2. The van der Waals surface area contributed by atoms with E-state index < -0.39 is 5.60 Å². The third-order valence-corrected chi connectivity index (χ3v) is 7.76. The van der Waals surface area contributed by atoms with E-state index in [1.54, 1.807) is 6.33 Å². The number of fused-ring (bicyclic) bond motifs is 2. The zero-order valence-electron chi connectivity index (χ0n) is 21.1. The highest BCUT2D eigenvalue weighted by Gasteiger charge is 2.34. The van der Waals surface area contributed by atoms with E-state index in [2.05, 4.69) is 32.1 Å². The van der Waals surface area contributed by atoms with Crippen LogP contribution in [0.3, 0.4) is 0 Å². The quantitative estimate of drug-likeness (QED) is 0.428. The second kappa shape index (κ2) is 9.16. The lowest BCUT2D eigenvalue weighted by atomic mass is 9.86. The molecule has 4 aromatic rings. The average molecular weight is 495 g/mol. The summed E-state index contributed by atoms with van der Waals surface area (Å²) < 4.78 is 8.30. The molecule has 188 valence electrons. The van der Waals surface area contributed by atoms with Gasteiger partial charge < -0.3 is 14.7 Å². The number of rotatable bonds is 5. The molecule has 2 aliphatic rings. The van der Waals surface area contributed by atoms with Crippen molar-refractivity contribution in [2.24, 2.45) is 5.92 Å². The number of aromatic nitrogens is 4. The van der Waals surface area contributed by atoms with Crippen LogP contribution in [0.15, 0.2) is 55.0 Å². The number of nitrogens with zero attached hydrogens (tertiary/aromatic N) is 6. The molecule has 2 atom stereocenters. The van der Waals surface area contributed by atoms with Crippen molar-refractivity contribution in [2.75, 3.05) is 18.0 Å². The molecule has 37 heavy (non-hydrogen) atoms. The minimum Gasteiger partial charge on any atom is -0.486 e. The molecule has 0 radical (unpaired) electrons. The van der Waals surface area contributed by atoms with Crippen molar-refractivity contribution in [1.82, 2.24) is 19.7 Å². The zero-order valence-corrected chi connectivity index (χ0v) is 21.1. The fourth-order valence-electron chi connectivity index (χ4n) is 5.62. The van der Waals surface area contributed by atoms with Crippen LogP contribution in [0.4, 0.5) is 5.82 Å². The fourth-order valence-corrected chi connectivity index (χ4v) is 5.62. The summed E-state index contributed by atoms with van der Waals surface area (Å²) in [7, 11) is 0. The Kier molecular flexibility index (Phi) is 5.81. The second-order valence-corrected chi connectivity index (χ2v) is 10.6. The zero-order chi connectivity index (χ0) is 25.6. The number of ether oxygens (including phenoxy) is 1. The molecule has 0 unspecified atom stereocenters. The van der Waals surface area contributed by atoms with Gasteiger partial charge in [-0.15, -0.1) is 0 Å². The molecular weight excluding hydrogens is 464 g/mol. The van der Waals surface area contributed by atoms with Crippen molar-refractivity contribution >= 4 is 16.7 Å². The Labute approximate surface area is 216 Å². The Bertz CT molecular complexity index is 1500. The van der Waals surface area contributed by atoms with E-state index >= 15 is 0 Å². The Balaban J connectivity index is 1.28. The normalized spacial score (nSPS) is 19.6. The summed E-state index contributed by atoms with van der Waals surface area (Å²) in [5.41, 5.74) is 3.14. The van der Waals surface area contributed by atoms with Crippen molar-refractivity contribution in [1.29, 1.82) is 5.26 Å². The van der Waals surface area contributed by atoms with Gasteiger partial charge in [-0.1, -0.05) is 12.1 Å². The second-order valence-electron chi connectivity index (χ2n) is 10.6. The molecule has 1 aliphatic carbocycles. The lowest BCUT2D eigenvalue weighted by Gasteiger charge is -2.27. The predicted molar refractivity (Wildman–Crippen MR) is 141 cm³/mol. The Morgan fingerprint density at radius 2 is 1.97 bits per heavy atom. The van der Waals surface area contributed by atoms with Gasteiger partial charge in [0.15, 0.2) is 5.82 Å². The van der Waals surface area contributed by atoms with Crippen LogP contribution >= 0.6 is 0 Å². The van der Waals surface area contributed by atoms with E-state index in [1.807, 2.05) is 61.1 Å². The number of anilines is 1. The minimum absolute atomic E-state index is 0.0876. The molecule has 1 aliphatic heterocycles. The Hall–Kier alpha value is -3.96. The highest BCUT2D eigenvalue weighted by molar-refractivity contribution is 5.81. The number of benzene rings is 2. The van der Waals surface area contributed by atoms with E-state index in [4.69, 9.17) is 4.74 Å². The van der Waals surface area contributed by atoms with Gasteiger partial charge in [0.2, 0.25) is 0 Å². The molecule has 6 rings (SSSR count). The lowest BCUT2D eigenvalue weighted by Crippen LogP contribution is -2.33. The molecule has 1 N–H and O–H groups in total. The summed E-state index contributed by atoms with van der Waals surface area (Å²) >= 11 is 0. The van der Waals surface area contributed by atoms with Gasteiger partial charge in [-0.3, -0.25) is 0 Å². The molecule has 3 heterocycles. The van der Waals surface area contributed by atoms with Crippen LogP contribution in [0.1, 0.15) is 55.9 Å². The summed E-state index contributed by atoms with van der Waals surface area (Å²) in [6.07, 6.45) is 7.05. The van der Waals surface area contributed by atoms with Gasteiger partial charge >= 0.3 is 0 Å². The molecule has 0 saturated carbocycles. The Morgan fingerprint density at radius 3 is 2.78 bits per heavy atom. The first-order valence-corrected chi connectivity index (χ1v) is 12.9.